The molecule has 6 heteroatoms. The Kier molecular flexibility index (Phi) is 6.33. The van der Waals surface area contributed by atoms with Crippen LogP contribution in [0.4, 0.5) is 0 Å². The Morgan fingerprint density at radius 2 is 1.33 bits per heavy atom. The number of piperidine rings is 1. The minimum atomic E-state index is -0.921. The molecule has 0 bridgehead atoms. The van der Waals surface area contributed by atoms with E-state index in [-0.39, 0.29) is 11.8 Å². The largest absolute Gasteiger partial charge is 0.337 e. The van der Waals surface area contributed by atoms with Gasteiger partial charge in [-0.1, -0.05) is 60.7 Å². The number of amides is 3. The van der Waals surface area contributed by atoms with Gasteiger partial charge in [-0.2, -0.15) is 0 Å². The summed E-state index contributed by atoms with van der Waals surface area (Å²) in [5.41, 5.74) is 1.71. The van der Waals surface area contributed by atoms with Crippen LogP contribution >= 0.6 is 0 Å². The fraction of sp³-hybridized carbons (Fsp3) is 0.286. The summed E-state index contributed by atoms with van der Waals surface area (Å²) in [5.74, 6) is -2.36. The molecule has 1 heterocycles. The van der Waals surface area contributed by atoms with Crippen molar-refractivity contribution in [3.05, 3.63) is 71.8 Å². The number of carbonyl (C=O) groups excluding carboxylic acids is 3. The molecule has 3 rings (SSSR count). The third-order valence-corrected chi connectivity index (χ3v) is 4.69. The van der Waals surface area contributed by atoms with Crippen molar-refractivity contribution < 1.29 is 14.4 Å². The highest BCUT2D eigenvalue weighted by Crippen LogP contribution is 2.21. The van der Waals surface area contributed by atoms with Gasteiger partial charge >= 0.3 is 11.8 Å². The normalized spacial score (nSPS) is 14.6. The maximum Gasteiger partial charge on any atom is 0.315 e. The van der Waals surface area contributed by atoms with E-state index in [1.165, 1.54) is 0 Å². The quantitative estimate of drug-likeness (QED) is 0.717. The van der Waals surface area contributed by atoms with Crippen molar-refractivity contribution in [3.63, 3.8) is 0 Å². The molecule has 0 aliphatic carbocycles. The van der Waals surface area contributed by atoms with E-state index >= 15 is 0 Å². The number of rotatable bonds is 4. The van der Waals surface area contributed by atoms with E-state index in [4.69, 9.17) is 0 Å². The lowest BCUT2D eigenvalue weighted by molar-refractivity contribution is -0.143. The van der Waals surface area contributed by atoms with Crippen molar-refractivity contribution in [1.82, 2.24) is 16.0 Å². The lowest BCUT2D eigenvalue weighted by Gasteiger charge is -2.22. The third-order valence-electron chi connectivity index (χ3n) is 4.69. The molecule has 6 nitrogen and oxygen atoms in total. The SMILES string of the molecule is O=C(NC(=O)C1CCNCC1)C(=O)NC(c1ccccc1)c1ccccc1. The van der Waals surface area contributed by atoms with Gasteiger partial charge in [-0.3, -0.25) is 19.7 Å². The molecule has 1 aliphatic rings. The van der Waals surface area contributed by atoms with Gasteiger partial charge in [-0.15, -0.1) is 0 Å². The van der Waals surface area contributed by atoms with Crippen LogP contribution in [0.1, 0.15) is 30.0 Å². The van der Waals surface area contributed by atoms with Gasteiger partial charge in [0.25, 0.3) is 0 Å². The highest BCUT2D eigenvalue weighted by atomic mass is 16.2. The molecule has 2 aromatic carbocycles. The van der Waals surface area contributed by atoms with Gasteiger partial charge in [0.2, 0.25) is 5.91 Å². The second kappa shape index (κ2) is 9.09. The number of nitrogens with one attached hydrogen (secondary N) is 3. The molecule has 1 saturated heterocycles. The predicted molar refractivity (Wildman–Crippen MR) is 102 cm³/mol. The van der Waals surface area contributed by atoms with Crippen LogP contribution in [-0.4, -0.2) is 30.8 Å². The molecule has 1 aliphatic heterocycles. The summed E-state index contributed by atoms with van der Waals surface area (Å²) in [6.45, 7) is 1.48. The molecule has 0 radical (unpaired) electrons. The standard InChI is InChI=1S/C21H23N3O3/c25-19(17-11-13-22-14-12-17)24-21(27)20(26)23-18(15-7-3-1-4-8-15)16-9-5-2-6-10-16/h1-10,17-18,22H,11-14H2,(H,23,26)(H,24,25,27). The van der Waals surface area contributed by atoms with Crippen molar-refractivity contribution in [1.29, 1.82) is 0 Å². The minimum Gasteiger partial charge on any atom is -0.337 e. The van der Waals surface area contributed by atoms with E-state index in [9.17, 15) is 14.4 Å². The summed E-state index contributed by atoms with van der Waals surface area (Å²) in [5, 5.41) is 8.15. The molecular formula is C21H23N3O3. The molecule has 0 aromatic heterocycles. The van der Waals surface area contributed by atoms with Gasteiger partial charge in [0.1, 0.15) is 0 Å². The monoisotopic (exact) mass is 365 g/mol. The van der Waals surface area contributed by atoms with E-state index in [1.54, 1.807) is 0 Å². The second-order valence-electron chi connectivity index (χ2n) is 6.57. The molecule has 2 aromatic rings. The van der Waals surface area contributed by atoms with Gasteiger partial charge < -0.3 is 10.6 Å². The lowest BCUT2D eigenvalue weighted by atomic mass is 9.97. The number of hydrogen-bond acceptors (Lipinski definition) is 4. The van der Waals surface area contributed by atoms with Crippen molar-refractivity contribution in [2.45, 2.75) is 18.9 Å². The fourth-order valence-corrected chi connectivity index (χ4v) is 3.20. The first-order valence-electron chi connectivity index (χ1n) is 9.11. The van der Waals surface area contributed by atoms with E-state index in [2.05, 4.69) is 16.0 Å². The Bertz CT molecular complexity index is 747. The number of hydrogen-bond donors (Lipinski definition) is 3. The van der Waals surface area contributed by atoms with E-state index in [0.717, 1.165) is 24.2 Å². The Balaban J connectivity index is 1.68. The van der Waals surface area contributed by atoms with Crippen LogP contribution < -0.4 is 16.0 Å². The zero-order valence-electron chi connectivity index (χ0n) is 15.0. The van der Waals surface area contributed by atoms with E-state index in [0.29, 0.717) is 12.8 Å². The van der Waals surface area contributed by atoms with Crippen molar-refractivity contribution in [3.8, 4) is 0 Å². The first kappa shape index (κ1) is 18.8. The number of imide groups is 1. The molecule has 0 atom stereocenters. The van der Waals surface area contributed by atoms with Crippen LogP contribution in [0.3, 0.4) is 0 Å². The molecule has 27 heavy (non-hydrogen) atoms. The average Bonchev–Trinajstić information content (AvgIpc) is 2.73. The molecular weight excluding hydrogens is 342 g/mol. The first-order valence-corrected chi connectivity index (χ1v) is 9.11. The maximum absolute atomic E-state index is 12.4. The van der Waals surface area contributed by atoms with Gasteiger partial charge in [0, 0.05) is 5.92 Å². The fourth-order valence-electron chi connectivity index (χ4n) is 3.20. The molecule has 3 amide bonds. The van der Waals surface area contributed by atoms with Crippen LogP contribution in [-0.2, 0) is 14.4 Å². The van der Waals surface area contributed by atoms with E-state index in [1.807, 2.05) is 60.7 Å². The summed E-state index contributed by atoms with van der Waals surface area (Å²) >= 11 is 0. The average molecular weight is 365 g/mol. The Morgan fingerprint density at radius 1 is 0.815 bits per heavy atom. The molecule has 140 valence electrons. The van der Waals surface area contributed by atoms with Gasteiger partial charge in [-0.25, -0.2) is 0 Å². The third kappa shape index (κ3) is 5.01. The van der Waals surface area contributed by atoms with Crippen LogP contribution in [0.25, 0.3) is 0 Å². The highest BCUT2D eigenvalue weighted by molar-refractivity contribution is 6.37. The smallest absolute Gasteiger partial charge is 0.315 e. The number of benzene rings is 2. The van der Waals surface area contributed by atoms with Gasteiger partial charge in [-0.05, 0) is 37.1 Å². The summed E-state index contributed by atoms with van der Waals surface area (Å²) in [4.78, 5) is 36.9. The summed E-state index contributed by atoms with van der Waals surface area (Å²) in [7, 11) is 0. The zero-order chi connectivity index (χ0) is 19.1. The Hall–Kier alpha value is -2.99. The van der Waals surface area contributed by atoms with Crippen molar-refractivity contribution in [2.24, 2.45) is 5.92 Å². The molecule has 0 spiro atoms. The Morgan fingerprint density at radius 3 is 1.85 bits per heavy atom. The molecule has 0 unspecified atom stereocenters. The van der Waals surface area contributed by atoms with Crippen LogP contribution in [0.15, 0.2) is 60.7 Å². The van der Waals surface area contributed by atoms with E-state index < -0.39 is 17.9 Å². The van der Waals surface area contributed by atoms with Crippen LogP contribution in [0.5, 0.6) is 0 Å². The predicted octanol–water partition coefficient (Wildman–Crippen LogP) is 1.53. The maximum atomic E-state index is 12.4. The van der Waals surface area contributed by atoms with Crippen molar-refractivity contribution >= 4 is 17.7 Å². The minimum absolute atomic E-state index is 0.234. The number of carbonyl (C=O) groups is 3. The molecule has 1 fully saturated rings. The molecule has 0 saturated carbocycles. The summed E-state index contributed by atoms with van der Waals surface area (Å²) in [6.07, 6.45) is 1.33. The van der Waals surface area contributed by atoms with Gasteiger partial charge in [0.15, 0.2) is 0 Å². The first-order chi connectivity index (χ1) is 13.1. The highest BCUT2D eigenvalue weighted by Gasteiger charge is 2.26. The summed E-state index contributed by atoms with van der Waals surface area (Å²) < 4.78 is 0. The summed E-state index contributed by atoms with van der Waals surface area (Å²) in [6, 6.07) is 18.3. The Labute approximate surface area is 158 Å². The van der Waals surface area contributed by atoms with Gasteiger partial charge in [0.05, 0.1) is 6.04 Å². The lowest BCUT2D eigenvalue weighted by Crippen LogP contribution is -2.47. The zero-order valence-corrected chi connectivity index (χ0v) is 15.0. The van der Waals surface area contributed by atoms with Crippen LogP contribution in [0.2, 0.25) is 0 Å². The van der Waals surface area contributed by atoms with Crippen molar-refractivity contribution in [2.75, 3.05) is 13.1 Å². The topological polar surface area (TPSA) is 87.3 Å². The molecule has 3 N–H and O–H groups in total. The second-order valence-corrected chi connectivity index (χ2v) is 6.57. The van der Waals surface area contributed by atoms with Crippen LogP contribution in [0, 0.1) is 5.92 Å².